The molecule has 0 saturated heterocycles. The van der Waals surface area contributed by atoms with Crippen LogP contribution in [0.5, 0.6) is 0 Å². The van der Waals surface area contributed by atoms with Gasteiger partial charge in [0.25, 0.3) is 0 Å². The van der Waals surface area contributed by atoms with Crippen LogP contribution in [-0.4, -0.2) is 16.0 Å². The minimum Gasteiger partial charge on any atom is -0.349 e. The van der Waals surface area contributed by atoms with E-state index in [0.29, 0.717) is 0 Å². The van der Waals surface area contributed by atoms with Crippen molar-refractivity contribution in [2.75, 3.05) is 6.54 Å². The smallest absolute Gasteiger partial charge is 0.0634 e. The Morgan fingerprint density at radius 3 is 1.67 bits per heavy atom. The minimum absolute atomic E-state index is 0.0249. The first-order valence-electron chi connectivity index (χ1n) is 9.73. The predicted molar refractivity (Wildman–Crippen MR) is 120 cm³/mol. The molecule has 144 valence electrons. The molecule has 0 fully saturated rings. The van der Waals surface area contributed by atoms with Gasteiger partial charge in [0.2, 0.25) is 0 Å². The fourth-order valence-electron chi connectivity index (χ4n) is 5.52. The van der Waals surface area contributed by atoms with Crippen LogP contribution in [0.4, 0.5) is 0 Å². The van der Waals surface area contributed by atoms with E-state index in [0.717, 1.165) is 19.5 Å². The lowest BCUT2D eigenvalue weighted by Crippen LogP contribution is -2.43. The topological polar surface area (TPSA) is 8.17 Å². The third-order valence-corrected chi connectivity index (χ3v) is 9.41. The van der Waals surface area contributed by atoms with Crippen molar-refractivity contribution in [1.29, 1.82) is 0 Å². The van der Waals surface area contributed by atoms with Gasteiger partial charge >= 0.3 is 0 Å². The molecule has 1 aromatic heterocycles. The Morgan fingerprint density at radius 1 is 0.778 bits per heavy atom. The van der Waals surface area contributed by atoms with E-state index in [1.807, 2.05) is 0 Å². The molecule has 2 atom stereocenters. The number of aryl methyl sites for hydroxylation is 2. The maximum Gasteiger partial charge on any atom is 0.0634 e. The molecule has 2 aliphatic heterocycles. The fraction of sp³-hybridized carbons (Fsp3) is 0.478. The number of hydrogen-bond donors (Lipinski definition) is 0. The summed E-state index contributed by atoms with van der Waals surface area (Å²) in [5.41, 5.74) is 8.37. The standard InChI is InChI=1S/C23H28Br2N2/c1-14-8-9-15(2)26(14)12-7-13-27-22(5)10-11-23(27,6)19-17(4)21(25)20(24)16(3)18(19)22/h8-11H,7,12-13H2,1-6H3/t22-,23-/m1/s1. The Balaban J connectivity index is 1.69. The molecule has 2 nitrogen and oxygen atoms in total. The van der Waals surface area contributed by atoms with E-state index in [9.17, 15) is 0 Å². The van der Waals surface area contributed by atoms with Gasteiger partial charge < -0.3 is 4.57 Å². The quantitative estimate of drug-likeness (QED) is 0.434. The number of rotatable bonds is 4. The molecule has 27 heavy (non-hydrogen) atoms. The molecule has 0 radical (unpaired) electrons. The normalized spacial score (nSPS) is 26.2. The van der Waals surface area contributed by atoms with Gasteiger partial charge in [-0.1, -0.05) is 12.2 Å². The highest BCUT2D eigenvalue weighted by Crippen LogP contribution is 2.59. The average molecular weight is 492 g/mol. The van der Waals surface area contributed by atoms with Crippen LogP contribution in [0.25, 0.3) is 0 Å². The van der Waals surface area contributed by atoms with Crippen LogP contribution < -0.4 is 0 Å². The molecular weight excluding hydrogens is 464 g/mol. The third-order valence-electron chi connectivity index (χ3n) is 6.90. The van der Waals surface area contributed by atoms with Crippen LogP contribution in [0, 0.1) is 27.7 Å². The fourth-order valence-corrected chi connectivity index (χ4v) is 6.51. The van der Waals surface area contributed by atoms with Gasteiger partial charge in [0.15, 0.2) is 0 Å². The Kier molecular flexibility index (Phi) is 4.57. The summed E-state index contributed by atoms with van der Waals surface area (Å²) < 4.78 is 4.83. The SMILES string of the molecule is Cc1c(Br)c(Br)c(C)c2c1[C@@]1(C)C=C[C@@]2(C)N1CCCn1c(C)ccc1C. The number of aromatic nitrogens is 1. The Bertz CT molecular complexity index is 901. The van der Waals surface area contributed by atoms with Crippen LogP contribution in [0.15, 0.2) is 33.2 Å². The van der Waals surface area contributed by atoms with Crippen LogP contribution in [0.1, 0.15) is 53.9 Å². The molecule has 0 N–H and O–H groups in total. The average Bonchev–Trinajstić information content (AvgIpc) is 3.15. The van der Waals surface area contributed by atoms with E-state index in [4.69, 9.17) is 0 Å². The van der Waals surface area contributed by atoms with E-state index in [1.165, 1.54) is 42.6 Å². The predicted octanol–water partition coefficient (Wildman–Crippen LogP) is 6.65. The molecule has 1 aromatic carbocycles. The van der Waals surface area contributed by atoms with E-state index < -0.39 is 0 Å². The first kappa shape index (κ1) is 19.5. The molecule has 2 bridgehead atoms. The zero-order valence-electron chi connectivity index (χ0n) is 17.1. The highest BCUT2D eigenvalue weighted by molar-refractivity contribution is 9.13. The molecule has 0 amide bonds. The van der Waals surface area contributed by atoms with Gasteiger partial charge in [0.05, 0.1) is 11.1 Å². The monoisotopic (exact) mass is 490 g/mol. The molecule has 4 rings (SSSR count). The summed E-state index contributed by atoms with van der Waals surface area (Å²) in [4.78, 5) is 2.71. The van der Waals surface area contributed by atoms with Crippen molar-refractivity contribution in [3.8, 4) is 0 Å². The molecular formula is C23H28Br2N2. The number of halogens is 2. The highest BCUT2D eigenvalue weighted by atomic mass is 79.9. The lowest BCUT2D eigenvalue weighted by atomic mass is 9.79. The van der Waals surface area contributed by atoms with Crippen molar-refractivity contribution in [3.63, 3.8) is 0 Å². The van der Waals surface area contributed by atoms with E-state index >= 15 is 0 Å². The summed E-state index contributed by atoms with van der Waals surface area (Å²) in [6.07, 6.45) is 6.00. The summed E-state index contributed by atoms with van der Waals surface area (Å²) in [7, 11) is 0. The van der Waals surface area contributed by atoms with Gasteiger partial charge in [-0.05, 0) is 114 Å². The van der Waals surface area contributed by atoms with E-state index in [-0.39, 0.29) is 11.1 Å². The zero-order valence-corrected chi connectivity index (χ0v) is 20.3. The first-order chi connectivity index (χ1) is 12.6. The second-order valence-electron chi connectivity index (χ2n) is 8.53. The molecule has 2 aromatic rings. The van der Waals surface area contributed by atoms with Crippen LogP contribution in [-0.2, 0) is 17.6 Å². The summed E-state index contributed by atoms with van der Waals surface area (Å²) in [6.45, 7) is 15.8. The van der Waals surface area contributed by atoms with Crippen LogP contribution in [0.3, 0.4) is 0 Å². The molecule has 2 aliphatic rings. The largest absolute Gasteiger partial charge is 0.349 e. The second kappa shape index (κ2) is 6.33. The lowest BCUT2D eigenvalue weighted by Gasteiger charge is -2.37. The van der Waals surface area contributed by atoms with Gasteiger partial charge in [0.1, 0.15) is 0 Å². The summed E-state index contributed by atoms with van der Waals surface area (Å²) >= 11 is 7.64. The van der Waals surface area contributed by atoms with Gasteiger partial charge in [-0.2, -0.15) is 0 Å². The third kappa shape index (κ3) is 2.52. The van der Waals surface area contributed by atoms with Gasteiger partial charge in [-0.25, -0.2) is 0 Å². The Hall–Kier alpha value is -0.840. The molecule has 0 unspecified atom stereocenters. The van der Waals surface area contributed by atoms with Crippen molar-refractivity contribution in [3.05, 3.63) is 66.9 Å². The molecule has 4 heteroatoms. The van der Waals surface area contributed by atoms with Gasteiger partial charge in [-0.15, -0.1) is 0 Å². The zero-order chi connectivity index (χ0) is 19.7. The summed E-state index contributed by atoms with van der Waals surface area (Å²) in [6, 6.07) is 4.44. The van der Waals surface area contributed by atoms with Crippen molar-refractivity contribution in [2.45, 2.75) is 65.6 Å². The van der Waals surface area contributed by atoms with Crippen molar-refractivity contribution in [1.82, 2.24) is 9.47 Å². The molecule has 0 aliphatic carbocycles. The number of nitrogens with zero attached hydrogens (tertiary/aromatic N) is 2. The lowest BCUT2D eigenvalue weighted by molar-refractivity contribution is 0.0963. The number of benzene rings is 1. The van der Waals surface area contributed by atoms with Crippen molar-refractivity contribution >= 4 is 31.9 Å². The molecule has 0 saturated carbocycles. The van der Waals surface area contributed by atoms with Crippen LogP contribution in [0.2, 0.25) is 0 Å². The van der Waals surface area contributed by atoms with E-state index in [1.54, 1.807) is 0 Å². The molecule has 0 spiro atoms. The molecule has 3 heterocycles. The minimum atomic E-state index is -0.0249. The van der Waals surface area contributed by atoms with Crippen molar-refractivity contribution in [2.24, 2.45) is 0 Å². The Labute approximate surface area is 179 Å². The second-order valence-corrected chi connectivity index (χ2v) is 10.1. The number of hydrogen-bond acceptors (Lipinski definition) is 1. The maximum absolute atomic E-state index is 3.82. The first-order valence-corrected chi connectivity index (χ1v) is 11.3. The van der Waals surface area contributed by atoms with E-state index in [2.05, 4.69) is 107 Å². The van der Waals surface area contributed by atoms with Gasteiger partial charge in [0, 0.05) is 33.4 Å². The Morgan fingerprint density at radius 2 is 1.22 bits per heavy atom. The number of fused-ring (bicyclic) bond motifs is 5. The van der Waals surface area contributed by atoms with Crippen LogP contribution >= 0.6 is 31.9 Å². The highest BCUT2D eigenvalue weighted by Gasteiger charge is 2.57. The van der Waals surface area contributed by atoms with Crippen molar-refractivity contribution < 1.29 is 0 Å². The summed E-state index contributed by atoms with van der Waals surface area (Å²) in [5.74, 6) is 0. The summed E-state index contributed by atoms with van der Waals surface area (Å²) in [5, 5.41) is 0. The maximum atomic E-state index is 3.82. The van der Waals surface area contributed by atoms with Gasteiger partial charge in [-0.3, -0.25) is 4.90 Å².